The van der Waals surface area contributed by atoms with Gasteiger partial charge in [0.1, 0.15) is 5.75 Å². The fourth-order valence-corrected chi connectivity index (χ4v) is 2.49. The number of anilines is 1. The van der Waals surface area contributed by atoms with Crippen LogP contribution in [0.2, 0.25) is 0 Å². The number of amides is 1. The van der Waals surface area contributed by atoms with Gasteiger partial charge in [0.25, 0.3) is 5.91 Å². The topological polar surface area (TPSA) is 75.6 Å². The molecule has 0 aromatic heterocycles. The third-order valence-corrected chi connectivity index (χ3v) is 3.56. The van der Waals surface area contributed by atoms with E-state index < -0.39 is 5.97 Å². The largest absolute Gasteiger partial charge is 0.494 e. The minimum absolute atomic E-state index is 0.173. The molecular weight excluding hydrogens is 482 g/mol. The second-order valence-electron chi connectivity index (χ2n) is 5.60. The van der Waals surface area contributed by atoms with Crippen molar-refractivity contribution < 1.29 is 19.4 Å². The second kappa shape index (κ2) is 23.4. The Morgan fingerprint density at radius 2 is 1.64 bits per heavy atom. The molecule has 0 aliphatic heterocycles. The SMILES string of the molecule is C#C.C=CC.C=CC.CC.CCOc1cccc(C(=O)Nc2ccc(Br)cc2CC(=O)O)c1. The van der Waals surface area contributed by atoms with Gasteiger partial charge in [-0.25, -0.2) is 0 Å². The van der Waals surface area contributed by atoms with Crippen molar-refractivity contribution in [3.63, 3.8) is 0 Å². The zero-order valence-corrected chi connectivity index (χ0v) is 21.8. The first-order chi connectivity index (χ1) is 15.8. The number of hydrogen-bond acceptors (Lipinski definition) is 3. The minimum atomic E-state index is -0.961. The Morgan fingerprint density at radius 1 is 1.09 bits per heavy atom. The summed E-state index contributed by atoms with van der Waals surface area (Å²) < 4.78 is 6.13. The highest BCUT2D eigenvalue weighted by Gasteiger charge is 2.12. The molecule has 2 N–H and O–H groups in total. The molecule has 0 fully saturated rings. The number of carbonyl (C=O) groups excluding carboxylic acids is 1. The molecule has 0 radical (unpaired) electrons. The van der Waals surface area contributed by atoms with Crippen LogP contribution >= 0.6 is 15.9 Å². The quantitative estimate of drug-likeness (QED) is 0.309. The van der Waals surface area contributed by atoms with E-state index in [1.807, 2.05) is 34.6 Å². The van der Waals surface area contributed by atoms with Gasteiger partial charge in [0.05, 0.1) is 13.0 Å². The van der Waals surface area contributed by atoms with E-state index >= 15 is 0 Å². The number of carboxylic acid groups (broad SMARTS) is 1. The molecule has 33 heavy (non-hydrogen) atoms. The normalized spacial score (nSPS) is 8.12. The van der Waals surface area contributed by atoms with Crippen LogP contribution in [0.25, 0.3) is 0 Å². The van der Waals surface area contributed by atoms with Gasteiger partial charge < -0.3 is 15.2 Å². The Morgan fingerprint density at radius 3 is 2.12 bits per heavy atom. The van der Waals surface area contributed by atoms with Crippen LogP contribution in [0.3, 0.4) is 0 Å². The summed E-state index contributed by atoms with van der Waals surface area (Å²) in [6.45, 7) is 16.9. The lowest BCUT2D eigenvalue weighted by Gasteiger charge is -2.11. The molecule has 0 atom stereocenters. The van der Waals surface area contributed by atoms with Gasteiger partial charge in [0.15, 0.2) is 0 Å². The first kappa shape index (κ1) is 34.3. The summed E-state index contributed by atoms with van der Waals surface area (Å²) in [4.78, 5) is 23.3. The Balaban J connectivity index is -0.000000779. The first-order valence-corrected chi connectivity index (χ1v) is 11.1. The molecule has 0 saturated heterocycles. The molecule has 0 saturated carbocycles. The van der Waals surface area contributed by atoms with Crippen LogP contribution in [0, 0.1) is 12.8 Å². The molecule has 0 aliphatic carbocycles. The number of carbonyl (C=O) groups is 2. The number of ether oxygens (including phenoxy) is 1. The number of terminal acetylenes is 1. The van der Waals surface area contributed by atoms with E-state index in [4.69, 9.17) is 9.84 Å². The number of hydrogen-bond donors (Lipinski definition) is 2. The standard InChI is InChI=1S/C17H16BrNO4.2C3H6.C2H6.C2H2/c1-2-23-14-5-3-4-11(9-14)17(22)19-15-7-6-13(18)8-12(15)10-16(20)21;2*1-3-2;2*1-2/h3-9H,2,10H2,1H3,(H,19,22)(H,20,21);2*3H,1H2,2H3;1-2H3;1-2H. The van der Waals surface area contributed by atoms with Gasteiger partial charge in [0.2, 0.25) is 0 Å². The highest BCUT2D eigenvalue weighted by Crippen LogP contribution is 2.23. The summed E-state index contributed by atoms with van der Waals surface area (Å²) in [5.41, 5.74) is 1.45. The van der Waals surface area contributed by atoms with Gasteiger partial charge in [-0.15, -0.1) is 26.0 Å². The molecule has 6 heteroatoms. The van der Waals surface area contributed by atoms with Crippen LogP contribution in [0.1, 0.15) is 50.5 Å². The molecule has 1 amide bonds. The number of rotatable bonds is 6. The lowest BCUT2D eigenvalue weighted by atomic mass is 10.1. The van der Waals surface area contributed by atoms with Crippen molar-refractivity contribution in [2.45, 2.75) is 41.0 Å². The summed E-state index contributed by atoms with van der Waals surface area (Å²) in [6.07, 6.45) is 11.3. The molecule has 2 aromatic carbocycles. The van der Waals surface area contributed by atoms with Crippen molar-refractivity contribution in [1.29, 1.82) is 0 Å². The van der Waals surface area contributed by atoms with Gasteiger partial charge in [-0.1, -0.05) is 48.0 Å². The summed E-state index contributed by atoms with van der Waals surface area (Å²) in [5, 5.41) is 11.7. The summed E-state index contributed by atoms with van der Waals surface area (Å²) >= 11 is 3.30. The predicted octanol–water partition coefficient (Wildman–Crippen LogP) is 7.39. The Kier molecular flexibility index (Phi) is 24.3. The van der Waals surface area contributed by atoms with E-state index in [2.05, 4.69) is 47.3 Å². The van der Waals surface area contributed by atoms with Gasteiger partial charge in [-0.2, -0.15) is 0 Å². The van der Waals surface area contributed by atoms with Crippen LogP contribution in [0.15, 0.2) is 72.2 Å². The maximum atomic E-state index is 12.4. The molecule has 0 aliphatic rings. The van der Waals surface area contributed by atoms with Gasteiger partial charge in [0, 0.05) is 15.7 Å². The van der Waals surface area contributed by atoms with Crippen molar-refractivity contribution in [1.82, 2.24) is 0 Å². The highest BCUT2D eigenvalue weighted by atomic mass is 79.9. The van der Waals surface area contributed by atoms with Crippen LogP contribution in [0.4, 0.5) is 5.69 Å². The molecule has 0 heterocycles. The van der Waals surface area contributed by atoms with Gasteiger partial charge in [-0.05, 0) is 62.7 Å². The Hall–Kier alpha value is -3.30. The molecule has 0 bridgehead atoms. The molecule has 180 valence electrons. The molecule has 2 aromatic rings. The monoisotopic (exact) mass is 517 g/mol. The lowest BCUT2D eigenvalue weighted by Crippen LogP contribution is -2.14. The average Bonchev–Trinajstić information content (AvgIpc) is 2.79. The predicted molar refractivity (Wildman–Crippen MR) is 144 cm³/mol. The smallest absolute Gasteiger partial charge is 0.307 e. The maximum Gasteiger partial charge on any atom is 0.307 e. The molecule has 5 nitrogen and oxygen atoms in total. The molecule has 0 unspecified atom stereocenters. The van der Waals surface area contributed by atoms with E-state index in [9.17, 15) is 9.59 Å². The summed E-state index contributed by atoms with van der Waals surface area (Å²) in [7, 11) is 0. The van der Waals surface area contributed by atoms with Crippen molar-refractivity contribution in [2.24, 2.45) is 0 Å². The van der Waals surface area contributed by atoms with E-state index in [-0.39, 0.29) is 12.3 Å². The van der Waals surface area contributed by atoms with Gasteiger partial charge >= 0.3 is 5.97 Å². The fourth-order valence-electron chi connectivity index (χ4n) is 2.08. The number of aliphatic carboxylic acids is 1. The first-order valence-electron chi connectivity index (χ1n) is 10.3. The number of carboxylic acids is 1. The molecule has 2 rings (SSSR count). The van der Waals surface area contributed by atoms with Crippen LogP contribution < -0.4 is 10.1 Å². The van der Waals surface area contributed by atoms with E-state index in [1.54, 1.807) is 54.6 Å². The zero-order chi connectivity index (χ0) is 26.2. The maximum absolute atomic E-state index is 12.4. The minimum Gasteiger partial charge on any atom is -0.494 e. The Bertz CT molecular complexity index is 854. The third-order valence-electron chi connectivity index (χ3n) is 3.06. The van der Waals surface area contributed by atoms with Crippen LogP contribution in [-0.2, 0) is 11.2 Å². The van der Waals surface area contributed by atoms with Crippen LogP contribution in [0.5, 0.6) is 5.75 Å². The Labute approximate surface area is 207 Å². The molecule has 0 spiro atoms. The zero-order valence-electron chi connectivity index (χ0n) is 20.2. The number of benzene rings is 2. The number of halogens is 1. The fraction of sp³-hybridized carbons (Fsp3) is 0.259. The summed E-state index contributed by atoms with van der Waals surface area (Å²) in [6, 6.07) is 11.9. The average molecular weight is 518 g/mol. The number of allylic oxidation sites excluding steroid dienone is 2. The molecular formula is C27H36BrNO4. The van der Waals surface area contributed by atoms with E-state index in [0.717, 1.165) is 4.47 Å². The van der Waals surface area contributed by atoms with Crippen LogP contribution in [-0.4, -0.2) is 23.6 Å². The second-order valence-corrected chi connectivity index (χ2v) is 6.52. The van der Waals surface area contributed by atoms with Crippen molar-refractivity contribution in [3.05, 3.63) is 83.4 Å². The lowest BCUT2D eigenvalue weighted by molar-refractivity contribution is -0.136. The van der Waals surface area contributed by atoms with Crippen molar-refractivity contribution in [3.8, 4) is 18.6 Å². The van der Waals surface area contributed by atoms with Crippen molar-refractivity contribution in [2.75, 3.05) is 11.9 Å². The van der Waals surface area contributed by atoms with Crippen molar-refractivity contribution >= 4 is 33.5 Å². The third kappa shape index (κ3) is 17.0. The number of nitrogens with one attached hydrogen (secondary N) is 1. The van der Waals surface area contributed by atoms with E-state index in [1.165, 1.54) is 0 Å². The highest BCUT2D eigenvalue weighted by molar-refractivity contribution is 9.10. The van der Waals surface area contributed by atoms with Gasteiger partial charge in [-0.3, -0.25) is 9.59 Å². The summed E-state index contributed by atoms with van der Waals surface area (Å²) in [5.74, 6) is -0.667. The van der Waals surface area contributed by atoms with E-state index in [0.29, 0.717) is 29.2 Å².